The fourth-order valence-corrected chi connectivity index (χ4v) is 1.69. The monoisotopic (exact) mass is 285 g/mol. The van der Waals surface area contributed by atoms with Crippen molar-refractivity contribution in [2.45, 2.75) is 6.92 Å². The van der Waals surface area contributed by atoms with Gasteiger partial charge in [0.25, 0.3) is 0 Å². The molecule has 1 unspecified atom stereocenters. The van der Waals surface area contributed by atoms with Crippen LogP contribution in [0.1, 0.15) is 6.92 Å². The predicted molar refractivity (Wildman–Crippen MR) is 75.8 cm³/mol. The van der Waals surface area contributed by atoms with Crippen molar-refractivity contribution < 1.29 is 9.21 Å². The molecule has 0 radical (unpaired) electrons. The van der Waals surface area contributed by atoms with E-state index >= 15 is 0 Å². The van der Waals surface area contributed by atoms with Crippen molar-refractivity contribution in [3.63, 3.8) is 0 Å². The van der Waals surface area contributed by atoms with Crippen LogP contribution in [-0.4, -0.2) is 24.5 Å². The minimum absolute atomic E-state index is 0. The van der Waals surface area contributed by atoms with Crippen LogP contribution >= 0.6 is 12.4 Å². The molecule has 0 fully saturated rings. The van der Waals surface area contributed by atoms with Crippen LogP contribution in [0.2, 0.25) is 0 Å². The number of halogens is 1. The maximum atomic E-state index is 11.8. The van der Waals surface area contributed by atoms with Gasteiger partial charge in [0.05, 0.1) is 5.52 Å². The number of hydrogen-bond donors (Lipinski definition) is 3. The predicted octanol–water partition coefficient (Wildman–Crippen LogP) is 1.34. The smallest absolute Gasteiger partial charge is 0.408 e. The van der Waals surface area contributed by atoms with Crippen molar-refractivity contribution in [2.24, 2.45) is 5.92 Å². The zero-order chi connectivity index (χ0) is 13.1. The Morgan fingerprint density at radius 3 is 2.89 bits per heavy atom. The maximum absolute atomic E-state index is 11.8. The SMILES string of the molecule is CNCC(C)C(=O)Nc1ccc2oc(=O)[nH]c2c1.Cl. The second-order valence-electron chi connectivity index (χ2n) is 4.17. The minimum atomic E-state index is -0.503. The van der Waals surface area contributed by atoms with Crippen LogP contribution in [0.5, 0.6) is 0 Å². The number of anilines is 1. The molecule has 0 aliphatic heterocycles. The third-order valence-corrected chi connectivity index (χ3v) is 2.64. The molecule has 3 N–H and O–H groups in total. The number of benzene rings is 1. The molecular weight excluding hydrogens is 270 g/mol. The third kappa shape index (κ3) is 3.59. The number of hydrogen-bond acceptors (Lipinski definition) is 4. The van der Waals surface area contributed by atoms with Gasteiger partial charge < -0.3 is 15.1 Å². The lowest BCUT2D eigenvalue weighted by Crippen LogP contribution is -2.28. The minimum Gasteiger partial charge on any atom is -0.408 e. The van der Waals surface area contributed by atoms with E-state index in [-0.39, 0.29) is 24.2 Å². The number of nitrogens with one attached hydrogen (secondary N) is 3. The largest absolute Gasteiger partial charge is 0.417 e. The number of carbonyl (C=O) groups is 1. The summed E-state index contributed by atoms with van der Waals surface area (Å²) in [5, 5.41) is 5.73. The van der Waals surface area contributed by atoms with E-state index < -0.39 is 5.76 Å². The first kappa shape index (κ1) is 15.3. The lowest BCUT2D eigenvalue weighted by atomic mass is 10.1. The Labute approximate surface area is 116 Å². The Bertz CT molecular complexity index is 620. The molecule has 104 valence electrons. The fourth-order valence-electron chi connectivity index (χ4n) is 1.69. The van der Waals surface area contributed by atoms with Gasteiger partial charge in [-0.25, -0.2) is 4.79 Å². The molecule has 6 nitrogen and oxygen atoms in total. The summed E-state index contributed by atoms with van der Waals surface area (Å²) >= 11 is 0. The number of aromatic amines is 1. The molecule has 19 heavy (non-hydrogen) atoms. The molecule has 2 rings (SSSR count). The first-order chi connectivity index (χ1) is 8.60. The van der Waals surface area contributed by atoms with Crippen LogP contribution in [0.4, 0.5) is 5.69 Å². The van der Waals surface area contributed by atoms with Gasteiger partial charge in [0, 0.05) is 18.2 Å². The summed E-state index contributed by atoms with van der Waals surface area (Å²) in [6.45, 7) is 2.45. The summed E-state index contributed by atoms with van der Waals surface area (Å²) in [5.41, 5.74) is 1.67. The van der Waals surface area contributed by atoms with Crippen molar-refractivity contribution in [3.8, 4) is 0 Å². The molecule has 2 aromatic rings. The standard InChI is InChI=1S/C12H15N3O3.ClH/c1-7(6-13-2)11(16)14-8-3-4-10-9(5-8)15-12(17)18-10;/h3-5,7,13H,6H2,1-2H3,(H,14,16)(H,15,17);1H. The molecular formula is C12H16ClN3O3. The molecule has 0 aliphatic carbocycles. The molecule has 1 amide bonds. The van der Waals surface area contributed by atoms with Gasteiger partial charge in [-0.05, 0) is 25.2 Å². The lowest BCUT2D eigenvalue weighted by molar-refractivity contribution is -0.119. The van der Waals surface area contributed by atoms with E-state index in [1.165, 1.54) is 0 Å². The maximum Gasteiger partial charge on any atom is 0.417 e. The number of H-pyrrole nitrogens is 1. The quantitative estimate of drug-likeness (QED) is 0.791. The highest BCUT2D eigenvalue weighted by atomic mass is 35.5. The molecule has 0 aliphatic rings. The molecule has 1 aromatic heterocycles. The van der Waals surface area contributed by atoms with Crippen molar-refractivity contribution in [1.29, 1.82) is 0 Å². The summed E-state index contributed by atoms with van der Waals surface area (Å²) in [6.07, 6.45) is 0. The molecule has 0 spiro atoms. The van der Waals surface area contributed by atoms with Gasteiger partial charge in [-0.2, -0.15) is 0 Å². The molecule has 1 atom stereocenters. The normalized spacial score (nSPS) is 11.9. The molecule has 0 saturated heterocycles. The summed E-state index contributed by atoms with van der Waals surface area (Å²) in [4.78, 5) is 25.3. The van der Waals surface area contributed by atoms with Crippen molar-refractivity contribution >= 4 is 35.1 Å². The van der Waals surface area contributed by atoms with Gasteiger partial charge in [-0.1, -0.05) is 6.92 Å². The van der Waals surface area contributed by atoms with Crippen LogP contribution in [-0.2, 0) is 4.79 Å². The van der Waals surface area contributed by atoms with Crippen molar-refractivity contribution in [3.05, 3.63) is 28.7 Å². The van der Waals surface area contributed by atoms with Crippen LogP contribution < -0.4 is 16.4 Å². The van der Waals surface area contributed by atoms with E-state index in [9.17, 15) is 9.59 Å². The topological polar surface area (TPSA) is 87.1 Å². The fraction of sp³-hybridized carbons (Fsp3) is 0.333. The number of rotatable bonds is 4. The van der Waals surface area contributed by atoms with E-state index in [0.29, 0.717) is 23.3 Å². The van der Waals surface area contributed by atoms with Gasteiger partial charge in [-0.15, -0.1) is 12.4 Å². The first-order valence-corrected chi connectivity index (χ1v) is 5.68. The Morgan fingerprint density at radius 1 is 1.47 bits per heavy atom. The van der Waals surface area contributed by atoms with E-state index in [1.807, 2.05) is 6.92 Å². The van der Waals surface area contributed by atoms with Crippen LogP contribution in [0.25, 0.3) is 11.1 Å². The molecule has 0 saturated carbocycles. The van der Waals surface area contributed by atoms with E-state index in [1.54, 1.807) is 25.2 Å². The Hall–Kier alpha value is -1.79. The van der Waals surface area contributed by atoms with Gasteiger partial charge in [0.2, 0.25) is 5.91 Å². The summed E-state index contributed by atoms with van der Waals surface area (Å²) in [6, 6.07) is 5.01. The van der Waals surface area contributed by atoms with Gasteiger partial charge >= 0.3 is 5.76 Å². The number of aromatic nitrogens is 1. The lowest BCUT2D eigenvalue weighted by Gasteiger charge is -2.11. The molecule has 7 heteroatoms. The second kappa shape index (κ2) is 6.40. The van der Waals surface area contributed by atoms with Crippen molar-refractivity contribution in [1.82, 2.24) is 10.3 Å². The van der Waals surface area contributed by atoms with Crippen LogP contribution in [0.3, 0.4) is 0 Å². The highest BCUT2D eigenvalue weighted by Crippen LogP contribution is 2.16. The van der Waals surface area contributed by atoms with Gasteiger partial charge in [0.15, 0.2) is 5.58 Å². The number of carbonyl (C=O) groups excluding carboxylic acids is 1. The van der Waals surface area contributed by atoms with E-state index in [4.69, 9.17) is 4.42 Å². The molecule has 1 heterocycles. The Balaban J connectivity index is 0.00000180. The van der Waals surface area contributed by atoms with Crippen LogP contribution in [0.15, 0.2) is 27.4 Å². The average Bonchev–Trinajstić information content (AvgIpc) is 2.68. The van der Waals surface area contributed by atoms with Gasteiger partial charge in [-0.3, -0.25) is 9.78 Å². The number of amides is 1. The van der Waals surface area contributed by atoms with Crippen LogP contribution in [0, 0.1) is 5.92 Å². The average molecular weight is 286 g/mol. The highest BCUT2D eigenvalue weighted by molar-refractivity contribution is 5.94. The zero-order valence-electron chi connectivity index (χ0n) is 10.6. The number of oxazole rings is 1. The highest BCUT2D eigenvalue weighted by Gasteiger charge is 2.12. The summed E-state index contributed by atoms with van der Waals surface area (Å²) in [5.74, 6) is -0.708. The Morgan fingerprint density at radius 2 is 2.21 bits per heavy atom. The second-order valence-corrected chi connectivity index (χ2v) is 4.17. The Kier molecular flexibility index (Phi) is 5.14. The van der Waals surface area contributed by atoms with E-state index in [2.05, 4.69) is 15.6 Å². The summed E-state index contributed by atoms with van der Waals surface area (Å²) in [7, 11) is 1.80. The zero-order valence-corrected chi connectivity index (χ0v) is 11.5. The van der Waals surface area contributed by atoms with Crippen molar-refractivity contribution in [2.75, 3.05) is 18.9 Å². The third-order valence-electron chi connectivity index (χ3n) is 2.64. The summed E-state index contributed by atoms with van der Waals surface area (Å²) < 4.78 is 4.88. The van der Waals surface area contributed by atoms with E-state index in [0.717, 1.165) is 0 Å². The first-order valence-electron chi connectivity index (χ1n) is 5.68. The molecule has 0 bridgehead atoms. The van der Waals surface area contributed by atoms with Gasteiger partial charge in [0.1, 0.15) is 0 Å². The number of fused-ring (bicyclic) bond motifs is 1. The molecule has 1 aromatic carbocycles.